The van der Waals surface area contributed by atoms with Crippen LogP contribution in [0, 0.1) is 12.8 Å². The number of aromatic carboxylic acids is 1. The summed E-state index contributed by atoms with van der Waals surface area (Å²) in [5, 5.41) is 8.90. The number of hydrogen-bond donors (Lipinski definition) is 2. The van der Waals surface area contributed by atoms with Crippen molar-refractivity contribution in [2.24, 2.45) is 11.7 Å². The summed E-state index contributed by atoms with van der Waals surface area (Å²) in [4.78, 5) is 28.3. The number of aryl methyl sites for hydroxylation is 1. The molecule has 6 heteroatoms. The van der Waals surface area contributed by atoms with E-state index in [0.29, 0.717) is 13.1 Å². The summed E-state index contributed by atoms with van der Waals surface area (Å²) in [5.41, 5.74) is 6.32. The van der Waals surface area contributed by atoms with Gasteiger partial charge in [0.1, 0.15) is 5.82 Å². The molecule has 0 saturated carbocycles. The summed E-state index contributed by atoms with van der Waals surface area (Å²) in [6, 6.07) is 1.62. The number of carbonyl (C=O) groups excluding carboxylic acids is 1. The monoisotopic (exact) mass is 263 g/mol. The lowest BCUT2D eigenvalue weighted by Crippen LogP contribution is -2.39. The molecule has 2 heterocycles. The third-order valence-corrected chi connectivity index (χ3v) is 3.49. The van der Waals surface area contributed by atoms with Gasteiger partial charge < -0.3 is 15.7 Å². The number of primary amides is 1. The molecule has 1 aromatic rings. The number of rotatable bonds is 3. The fourth-order valence-corrected chi connectivity index (χ4v) is 2.39. The van der Waals surface area contributed by atoms with Gasteiger partial charge in [0.2, 0.25) is 5.91 Å². The molecule has 1 aliphatic heterocycles. The van der Waals surface area contributed by atoms with Crippen molar-refractivity contribution in [2.45, 2.75) is 19.8 Å². The zero-order valence-electron chi connectivity index (χ0n) is 10.8. The highest BCUT2D eigenvalue weighted by atomic mass is 16.4. The van der Waals surface area contributed by atoms with Crippen LogP contribution in [-0.2, 0) is 4.79 Å². The Bertz CT molecular complexity index is 508. The van der Waals surface area contributed by atoms with Crippen LogP contribution in [-0.4, -0.2) is 35.1 Å². The van der Waals surface area contributed by atoms with E-state index in [1.54, 1.807) is 6.07 Å². The molecule has 0 bridgehead atoms. The Morgan fingerprint density at radius 1 is 1.42 bits per heavy atom. The van der Waals surface area contributed by atoms with E-state index in [1.807, 2.05) is 6.92 Å². The fraction of sp³-hybridized carbons (Fsp3) is 0.462. The lowest BCUT2D eigenvalue weighted by molar-refractivity contribution is -0.122. The standard InChI is InChI=1S/C13H17N3O3/c1-8-6-10(13(18)19)7-15-12(8)16-4-2-9(3-5-16)11(14)17/h6-7,9H,2-5H2,1H3,(H2,14,17)(H,18,19). The van der Waals surface area contributed by atoms with Gasteiger partial charge in [0.05, 0.1) is 5.56 Å². The molecule has 19 heavy (non-hydrogen) atoms. The third-order valence-electron chi connectivity index (χ3n) is 3.49. The van der Waals surface area contributed by atoms with Crippen molar-refractivity contribution in [2.75, 3.05) is 18.0 Å². The predicted octanol–water partition coefficient (Wildman–Crippen LogP) is 0.790. The lowest BCUT2D eigenvalue weighted by Gasteiger charge is -2.32. The van der Waals surface area contributed by atoms with E-state index in [9.17, 15) is 9.59 Å². The van der Waals surface area contributed by atoms with Crippen molar-refractivity contribution in [3.05, 3.63) is 23.4 Å². The molecule has 6 nitrogen and oxygen atoms in total. The Morgan fingerprint density at radius 2 is 2.05 bits per heavy atom. The second-order valence-corrected chi connectivity index (χ2v) is 4.83. The summed E-state index contributed by atoms with van der Waals surface area (Å²) in [7, 11) is 0. The van der Waals surface area contributed by atoms with Gasteiger partial charge in [0, 0.05) is 25.2 Å². The zero-order chi connectivity index (χ0) is 14.0. The SMILES string of the molecule is Cc1cc(C(=O)O)cnc1N1CCC(C(N)=O)CC1. The highest BCUT2D eigenvalue weighted by molar-refractivity contribution is 5.87. The molecule has 1 aromatic heterocycles. The number of carbonyl (C=O) groups is 2. The second kappa shape index (κ2) is 5.26. The van der Waals surface area contributed by atoms with Crippen LogP contribution in [0.5, 0.6) is 0 Å². The molecule has 0 spiro atoms. The van der Waals surface area contributed by atoms with Crippen LogP contribution in [0.2, 0.25) is 0 Å². The van der Waals surface area contributed by atoms with Gasteiger partial charge in [-0.05, 0) is 31.4 Å². The molecule has 1 saturated heterocycles. The van der Waals surface area contributed by atoms with Crippen LogP contribution < -0.4 is 10.6 Å². The molecule has 1 fully saturated rings. The zero-order valence-corrected chi connectivity index (χ0v) is 10.8. The number of piperidine rings is 1. The van der Waals surface area contributed by atoms with E-state index in [-0.39, 0.29) is 17.4 Å². The van der Waals surface area contributed by atoms with Crippen molar-refractivity contribution >= 4 is 17.7 Å². The number of aromatic nitrogens is 1. The average Bonchev–Trinajstić information content (AvgIpc) is 2.38. The van der Waals surface area contributed by atoms with E-state index >= 15 is 0 Å². The van der Waals surface area contributed by atoms with Crippen molar-refractivity contribution in [3.63, 3.8) is 0 Å². The van der Waals surface area contributed by atoms with Gasteiger partial charge in [0.15, 0.2) is 0 Å². The van der Waals surface area contributed by atoms with Crippen LogP contribution in [0.25, 0.3) is 0 Å². The predicted molar refractivity (Wildman–Crippen MR) is 70.1 cm³/mol. The van der Waals surface area contributed by atoms with Gasteiger partial charge in [0.25, 0.3) is 0 Å². The summed E-state index contributed by atoms with van der Waals surface area (Å²) in [6.07, 6.45) is 2.80. The van der Waals surface area contributed by atoms with Gasteiger partial charge in [-0.25, -0.2) is 9.78 Å². The van der Waals surface area contributed by atoms with E-state index in [2.05, 4.69) is 9.88 Å². The minimum absolute atomic E-state index is 0.0603. The minimum Gasteiger partial charge on any atom is -0.478 e. The first-order valence-corrected chi connectivity index (χ1v) is 6.23. The molecular weight excluding hydrogens is 246 g/mol. The number of pyridine rings is 1. The Labute approximate surface area is 111 Å². The molecule has 2 rings (SSSR count). The van der Waals surface area contributed by atoms with Crippen LogP contribution in [0.4, 0.5) is 5.82 Å². The lowest BCUT2D eigenvalue weighted by atomic mass is 9.96. The van der Waals surface area contributed by atoms with Gasteiger partial charge in [-0.15, -0.1) is 0 Å². The summed E-state index contributed by atoms with van der Waals surface area (Å²) in [5.74, 6) is -0.497. The summed E-state index contributed by atoms with van der Waals surface area (Å²) < 4.78 is 0. The van der Waals surface area contributed by atoms with Crippen molar-refractivity contribution in [1.29, 1.82) is 0 Å². The summed E-state index contributed by atoms with van der Waals surface area (Å²) >= 11 is 0. The molecule has 0 aliphatic carbocycles. The normalized spacial score (nSPS) is 16.4. The highest BCUT2D eigenvalue weighted by Crippen LogP contribution is 2.24. The Morgan fingerprint density at radius 3 is 2.53 bits per heavy atom. The molecule has 0 radical (unpaired) electrons. The number of nitrogens with zero attached hydrogens (tertiary/aromatic N) is 2. The van der Waals surface area contributed by atoms with Crippen molar-refractivity contribution in [3.8, 4) is 0 Å². The van der Waals surface area contributed by atoms with E-state index in [1.165, 1.54) is 6.20 Å². The molecule has 1 amide bonds. The van der Waals surface area contributed by atoms with Crippen LogP contribution in [0.3, 0.4) is 0 Å². The molecule has 0 atom stereocenters. The van der Waals surface area contributed by atoms with Gasteiger partial charge >= 0.3 is 5.97 Å². The van der Waals surface area contributed by atoms with Gasteiger partial charge in [-0.2, -0.15) is 0 Å². The topological polar surface area (TPSA) is 96.5 Å². The third kappa shape index (κ3) is 2.83. The van der Waals surface area contributed by atoms with Crippen molar-refractivity contribution in [1.82, 2.24) is 4.98 Å². The largest absolute Gasteiger partial charge is 0.478 e. The highest BCUT2D eigenvalue weighted by Gasteiger charge is 2.24. The number of amides is 1. The maximum absolute atomic E-state index is 11.1. The molecule has 3 N–H and O–H groups in total. The van der Waals surface area contributed by atoms with Crippen LogP contribution >= 0.6 is 0 Å². The maximum Gasteiger partial charge on any atom is 0.337 e. The first kappa shape index (κ1) is 13.3. The molecule has 0 unspecified atom stereocenters. The van der Waals surface area contributed by atoms with E-state index in [4.69, 9.17) is 10.8 Å². The number of hydrogen-bond acceptors (Lipinski definition) is 4. The number of carboxylic acid groups (broad SMARTS) is 1. The number of anilines is 1. The molecule has 102 valence electrons. The van der Waals surface area contributed by atoms with Gasteiger partial charge in [-0.1, -0.05) is 0 Å². The number of carboxylic acids is 1. The first-order chi connectivity index (χ1) is 8.99. The Balaban J connectivity index is 2.11. The fourth-order valence-electron chi connectivity index (χ4n) is 2.39. The van der Waals surface area contributed by atoms with Crippen LogP contribution in [0.15, 0.2) is 12.3 Å². The Kier molecular flexibility index (Phi) is 3.69. The first-order valence-electron chi connectivity index (χ1n) is 6.23. The van der Waals surface area contributed by atoms with Gasteiger partial charge in [-0.3, -0.25) is 4.79 Å². The average molecular weight is 263 g/mol. The van der Waals surface area contributed by atoms with Crippen molar-refractivity contribution < 1.29 is 14.7 Å². The maximum atomic E-state index is 11.1. The molecule has 1 aliphatic rings. The smallest absolute Gasteiger partial charge is 0.337 e. The van der Waals surface area contributed by atoms with E-state index in [0.717, 1.165) is 24.2 Å². The Hall–Kier alpha value is -2.11. The van der Waals surface area contributed by atoms with Crippen LogP contribution in [0.1, 0.15) is 28.8 Å². The molecule has 0 aromatic carbocycles. The minimum atomic E-state index is -0.977. The second-order valence-electron chi connectivity index (χ2n) is 4.83. The van der Waals surface area contributed by atoms with E-state index < -0.39 is 5.97 Å². The summed E-state index contributed by atoms with van der Waals surface area (Å²) in [6.45, 7) is 3.27. The molecular formula is C13H17N3O3. The number of nitrogens with two attached hydrogens (primary N) is 1. The quantitative estimate of drug-likeness (QED) is 0.840.